The lowest BCUT2D eigenvalue weighted by Gasteiger charge is -2.01. The van der Waals surface area contributed by atoms with Gasteiger partial charge in [-0.25, -0.2) is 4.79 Å². The van der Waals surface area contributed by atoms with Crippen LogP contribution in [0.2, 0.25) is 0 Å². The fourth-order valence-corrected chi connectivity index (χ4v) is 2.00. The summed E-state index contributed by atoms with van der Waals surface area (Å²) in [6.07, 6.45) is 0. The molecule has 0 aliphatic carbocycles. The third kappa shape index (κ3) is 2.49. The second-order valence-corrected chi connectivity index (χ2v) is 4.46. The van der Waals surface area contributed by atoms with Gasteiger partial charge in [0.05, 0.1) is 5.56 Å². The van der Waals surface area contributed by atoms with E-state index in [0.29, 0.717) is 5.56 Å². The smallest absolute Gasteiger partial charge is 0.336 e. The van der Waals surface area contributed by atoms with E-state index in [1.807, 2.05) is 6.07 Å². The molecule has 108 valence electrons. The maximum atomic E-state index is 12.4. The third-order valence-corrected chi connectivity index (χ3v) is 3.04. The molecule has 0 unspecified atom stereocenters. The highest BCUT2D eigenvalue weighted by atomic mass is 16.4. The molecule has 3 rings (SSSR count). The van der Waals surface area contributed by atoms with E-state index in [9.17, 15) is 9.59 Å². The molecule has 0 atom stereocenters. The highest BCUT2D eigenvalue weighted by molar-refractivity contribution is 6.12. The standard InChI is InChI=1S/C16H10N2O4/c19-13(11-8-4-5-9-12(11)16(20)21)15-18-17-14(22-15)10-6-2-1-3-7-10/h1-9H,(H,20,21). The molecule has 22 heavy (non-hydrogen) atoms. The van der Waals surface area contributed by atoms with Crippen LogP contribution in [0.1, 0.15) is 26.6 Å². The molecule has 1 N–H and O–H groups in total. The van der Waals surface area contributed by atoms with Crippen molar-refractivity contribution in [2.45, 2.75) is 0 Å². The minimum Gasteiger partial charge on any atom is -0.478 e. The number of carbonyl (C=O) groups is 2. The Morgan fingerprint density at radius 2 is 1.50 bits per heavy atom. The van der Waals surface area contributed by atoms with Crippen LogP contribution in [0.15, 0.2) is 59.0 Å². The summed E-state index contributed by atoms with van der Waals surface area (Å²) >= 11 is 0. The number of aromatic nitrogens is 2. The van der Waals surface area contributed by atoms with Gasteiger partial charge >= 0.3 is 5.97 Å². The van der Waals surface area contributed by atoms with Gasteiger partial charge in [0.1, 0.15) is 0 Å². The Kier molecular flexibility index (Phi) is 3.49. The molecule has 0 bridgehead atoms. The van der Waals surface area contributed by atoms with E-state index in [2.05, 4.69) is 10.2 Å². The van der Waals surface area contributed by atoms with Crippen molar-refractivity contribution in [2.75, 3.05) is 0 Å². The Labute approximate surface area is 125 Å². The molecule has 0 amide bonds. The Bertz CT molecular complexity index is 840. The number of benzene rings is 2. The van der Waals surface area contributed by atoms with Crippen LogP contribution < -0.4 is 0 Å². The van der Waals surface area contributed by atoms with E-state index in [-0.39, 0.29) is 22.9 Å². The maximum Gasteiger partial charge on any atom is 0.336 e. The van der Waals surface area contributed by atoms with Crippen molar-refractivity contribution in [1.82, 2.24) is 10.2 Å². The summed E-state index contributed by atoms with van der Waals surface area (Å²) in [5.74, 6) is -1.84. The number of ketones is 1. The van der Waals surface area contributed by atoms with Crippen molar-refractivity contribution in [3.63, 3.8) is 0 Å². The summed E-state index contributed by atoms with van der Waals surface area (Å²) in [6, 6.07) is 14.9. The monoisotopic (exact) mass is 294 g/mol. The zero-order valence-corrected chi connectivity index (χ0v) is 11.3. The van der Waals surface area contributed by atoms with E-state index in [0.717, 1.165) is 0 Å². The van der Waals surface area contributed by atoms with E-state index < -0.39 is 11.8 Å². The van der Waals surface area contributed by atoms with Crippen molar-refractivity contribution in [1.29, 1.82) is 0 Å². The summed E-state index contributed by atoms with van der Waals surface area (Å²) in [5.41, 5.74) is 0.589. The Balaban J connectivity index is 1.98. The topological polar surface area (TPSA) is 93.3 Å². The van der Waals surface area contributed by atoms with Crippen LogP contribution >= 0.6 is 0 Å². The molecular weight excluding hydrogens is 284 g/mol. The van der Waals surface area contributed by atoms with Crippen LogP contribution in [-0.2, 0) is 0 Å². The number of carbonyl (C=O) groups excluding carboxylic acids is 1. The second-order valence-electron chi connectivity index (χ2n) is 4.46. The van der Waals surface area contributed by atoms with Crippen molar-refractivity contribution in [3.05, 3.63) is 71.6 Å². The van der Waals surface area contributed by atoms with E-state index in [1.165, 1.54) is 12.1 Å². The number of carboxylic acid groups (broad SMARTS) is 1. The molecule has 3 aromatic rings. The van der Waals surface area contributed by atoms with Gasteiger partial charge in [-0.2, -0.15) is 0 Å². The predicted octanol–water partition coefficient (Wildman–Crippen LogP) is 2.67. The lowest BCUT2D eigenvalue weighted by molar-refractivity contribution is 0.0692. The molecule has 0 radical (unpaired) electrons. The summed E-state index contributed by atoms with van der Waals surface area (Å²) in [5, 5.41) is 16.7. The highest BCUT2D eigenvalue weighted by Crippen LogP contribution is 2.19. The average Bonchev–Trinajstić information content (AvgIpc) is 3.05. The van der Waals surface area contributed by atoms with Crippen molar-refractivity contribution >= 4 is 11.8 Å². The molecule has 0 aliphatic heterocycles. The minimum absolute atomic E-state index is 0.0123. The number of nitrogens with zero attached hydrogens (tertiary/aromatic N) is 2. The number of carboxylic acids is 1. The number of hydrogen-bond donors (Lipinski definition) is 1. The lowest BCUT2D eigenvalue weighted by atomic mass is 10.0. The van der Waals surface area contributed by atoms with Gasteiger partial charge < -0.3 is 9.52 Å². The first-order chi connectivity index (χ1) is 10.7. The van der Waals surface area contributed by atoms with Gasteiger partial charge in [0.2, 0.25) is 5.89 Å². The summed E-state index contributed by atoms with van der Waals surface area (Å²) in [4.78, 5) is 23.5. The zero-order chi connectivity index (χ0) is 15.5. The zero-order valence-electron chi connectivity index (χ0n) is 11.3. The van der Waals surface area contributed by atoms with Crippen LogP contribution in [0.3, 0.4) is 0 Å². The van der Waals surface area contributed by atoms with Crippen molar-refractivity contribution in [3.8, 4) is 11.5 Å². The number of aromatic carboxylic acids is 1. The van der Waals surface area contributed by atoms with Gasteiger partial charge in [-0.1, -0.05) is 30.3 Å². The van der Waals surface area contributed by atoms with Crippen molar-refractivity contribution < 1.29 is 19.1 Å². The number of hydrogen-bond acceptors (Lipinski definition) is 5. The lowest BCUT2D eigenvalue weighted by Crippen LogP contribution is -2.09. The fraction of sp³-hybridized carbons (Fsp3) is 0. The molecule has 0 saturated carbocycles. The SMILES string of the molecule is O=C(O)c1ccccc1C(=O)c1nnc(-c2ccccc2)o1. The molecule has 6 heteroatoms. The molecule has 1 heterocycles. The molecule has 6 nitrogen and oxygen atoms in total. The molecule has 2 aromatic carbocycles. The Hall–Kier alpha value is -3.28. The number of rotatable bonds is 4. The van der Waals surface area contributed by atoms with Crippen LogP contribution in [0, 0.1) is 0 Å². The Morgan fingerprint density at radius 1 is 0.864 bits per heavy atom. The van der Waals surface area contributed by atoms with Crippen LogP contribution in [0.4, 0.5) is 0 Å². The van der Waals surface area contributed by atoms with Crippen LogP contribution in [0.5, 0.6) is 0 Å². The third-order valence-electron chi connectivity index (χ3n) is 3.04. The first kappa shape index (κ1) is 13.7. The molecule has 0 saturated heterocycles. The highest BCUT2D eigenvalue weighted by Gasteiger charge is 2.22. The van der Waals surface area contributed by atoms with Crippen LogP contribution in [-0.4, -0.2) is 27.1 Å². The summed E-state index contributed by atoms with van der Waals surface area (Å²) in [7, 11) is 0. The second kappa shape index (κ2) is 5.61. The largest absolute Gasteiger partial charge is 0.478 e. The molecule has 0 aliphatic rings. The molecular formula is C16H10N2O4. The summed E-state index contributed by atoms with van der Waals surface area (Å²) in [6.45, 7) is 0. The molecule has 0 fully saturated rings. The fourth-order valence-electron chi connectivity index (χ4n) is 2.00. The van der Waals surface area contributed by atoms with Gasteiger partial charge in [-0.3, -0.25) is 4.79 Å². The van der Waals surface area contributed by atoms with Gasteiger partial charge in [0.15, 0.2) is 0 Å². The van der Waals surface area contributed by atoms with Gasteiger partial charge in [0.25, 0.3) is 11.7 Å². The van der Waals surface area contributed by atoms with Crippen LogP contribution in [0.25, 0.3) is 11.5 Å². The van der Waals surface area contributed by atoms with E-state index in [4.69, 9.17) is 9.52 Å². The van der Waals surface area contributed by atoms with E-state index in [1.54, 1.807) is 36.4 Å². The van der Waals surface area contributed by atoms with E-state index >= 15 is 0 Å². The average molecular weight is 294 g/mol. The first-order valence-electron chi connectivity index (χ1n) is 6.43. The normalized spacial score (nSPS) is 10.4. The van der Waals surface area contributed by atoms with Gasteiger partial charge in [0, 0.05) is 11.1 Å². The minimum atomic E-state index is -1.19. The maximum absolute atomic E-state index is 12.4. The quantitative estimate of drug-likeness (QED) is 0.743. The van der Waals surface area contributed by atoms with Crippen molar-refractivity contribution in [2.24, 2.45) is 0 Å². The first-order valence-corrected chi connectivity index (χ1v) is 6.43. The molecule has 0 spiro atoms. The van der Waals surface area contributed by atoms with Gasteiger partial charge in [-0.05, 0) is 24.3 Å². The summed E-state index contributed by atoms with van der Waals surface area (Å²) < 4.78 is 5.36. The molecule has 1 aromatic heterocycles. The predicted molar refractivity (Wildman–Crippen MR) is 76.6 cm³/mol. The van der Waals surface area contributed by atoms with Gasteiger partial charge in [-0.15, -0.1) is 10.2 Å². The Morgan fingerprint density at radius 3 is 2.18 bits per heavy atom.